The number of halogens is 1. The zero-order valence-electron chi connectivity index (χ0n) is 14.8. The summed E-state index contributed by atoms with van der Waals surface area (Å²) in [4.78, 5) is 12.3. The predicted octanol–water partition coefficient (Wildman–Crippen LogP) is 3.33. The molecule has 3 N–H and O–H groups in total. The molecule has 1 aliphatic heterocycles. The summed E-state index contributed by atoms with van der Waals surface area (Å²) < 4.78 is 11.7. The first kappa shape index (κ1) is 20.2. The number of nitrogens with one attached hydrogen (secondary N) is 1. The van der Waals surface area contributed by atoms with E-state index in [0.29, 0.717) is 13.1 Å². The van der Waals surface area contributed by atoms with Gasteiger partial charge in [-0.15, -0.1) is 12.4 Å². The first-order valence-corrected chi connectivity index (χ1v) is 8.62. The highest BCUT2D eigenvalue weighted by molar-refractivity contribution is 5.85. The largest absolute Gasteiger partial charge is 0.457 e. The van der Waals surface area contributed by atoms with Gasteiger partial charge in [-0.05, 0) is 37.5 Å². The lowest BCUT2D eigenvalue weighted by atomic mass is 10.1. The molecule has 1 fully saturated rings. The van der Waals surface area contributed by atoms with Crippen molar-refractivity contribution in [2.24, 2.45) is 5.73 Å². The Morgan fingerprint density at radius 1 is 1.15 bits per heavy atom. The van der Waals surface area contributed by atoms with Crippen LogP contribution in [0.25, 0.3) is 0 Å². The van der Waals surface area contributed by atoms with Crippen molar-refractivity contribution in [2.75, 3.05) is 6.54 Å². The van der Waals surface area contributed by atoms with Crippen LogP contribution in [0.5, 0.6) is 11.5 Å². The molecule has 5 nitrogen and oxygen atoms in total. The molecule has 1 aliphatic rings. The zero-order valence-corrected chi connectivity index (χ0v) is 15.6. The number of hydrogen-bond acceptors (Lipinski definition) is 4. The fourth-order valence-corrected chi connectivity index (χ4v) is 2.91. The molecule has 1 amide bonds. The van der Waals surface area contributed by atoms with Crippen molar-refractivity contribution in [3.63, 3.8) is 0 Å². The van der Waals surface area contributed by atoms with Gasteiger partial charge in [0.2, 0.25) is 5.91 Å². The molecule has 0 bridgehead atoms. The van der Waals surface area contributed by atoms with Gasteiger partial charge in [0.15, 0.2) is 0 Å². The lowest BCUT2D eigenvalue weighted by molar-refractivity contribution is -0.132. The number of benzene rings is 2. The Morgan fingerprint density at radius 2 is 1.85 bits per heavy atom. The van der Waals surface area contributed by atoms with E-state index in [1.165, 1.54) is 0 Å². The third kappa shape index (κ3) is 4.97. The maximum absolute atomic E-state index is 12.3. The van der Waals surface area contributed by atoms with Crippen molar-refractivity contribution in [1.82, 2.24) is 5.32 Å². The minimum atomic E-state index is -0.405. The van der Waals surface area contributed by atoms with Gasteiger partial charge in [-0.3, -0.25) is 4.79 Å². The summed E-state index contributed by atoms with van der Waals surface area (Å²) in [7, 11) is 0. The number of carbonyl (C=O) groups excluding carboxylic acids is 1. The minimum absolute atomic E-state index is 0. The van der Waals surface area contributed by atoms with Gasteiger partial charge in [-0.1, -0.05) is 36.4 Å². The van der Waals surface area contributed by atoms with E-state index < -0.39 is 6.10 Å². The van der Waals surface area contributed by atoms with Gasteiger partial charge >= 0.3 is 0 Å². The van der Waals surface area contributed by atoms with Gasteiger partial charge in [0.1, 0.15) is 17.6 Å². The number of amides is 1. The second-order valence-electron chi connectivity index (χ2n) is 6.25. The molecule has 2 aromatic carbocycles. The molecule has 0 spiro atoms. The van der Waals surface area contributed by atoms with E-state index in [1.54, 1.807) is 0 Å². The lowest BCUT2D eigenvalue weighted by Crippen LogP contribution is -2.35. The third-order valence-corrected chi connectivity index (χ3v) is 4.40. The maximum atomic E-state index is 12.3. The molecule has 2 aromatic rings. The van der Waals surface area contributed by atoms with Crippen molar-refractivity contribution in [2.45, 2.75) is 38.5 Å². The fraction of sp³-hybridized carbons (Fsp3) is 0.350. The highest BCUT2D eigenvalue weighted by atomic mass is 35.5. The van der Waals surface area contributed by atoms with Crippen LogP contribution in [-0.4, -0.2) is 24.7 Å². The number of nitrogens with two attached hydrogens (primary N) is 1. The van der Waals surface area contributed by atoms with E-state index in [2.05, 4.69) is 5.32 Å². The average Bonchev–Trinajstić information content (AvgIpc) is 3.12. The third-order valence-electron chi connectivity index (χ3n) is 4.40. The van der Waals surface area contributed by atoms with Crippen LogP contribution in [0, 0.1) is 6.92 Å². The zero-order chi connectivity index (χ0) is 17.6. The van der Waals surface area contributed by atoms with Crippen LogP contribution >= 0.6 is 12.4 Å². The van der Waals surface area contributed by atoms with E-state index in [9.17, 15) is 4.79 Å². The Hall–Kier alpha value is -2.08. The minimum Gasteiger partial charge on any atom is -0.457 e. The monoisotopic (exact) mass is 376 g/mol. The van der Waals surface area contributed by atoms with Gasteiger partial charge < -0.3 is 20.5 Å². The van der Waals surface area contributed by atoms with E-state index in [1.807, 2.05) is 55.5 Å². The summed E-state index contributed by atoms with van der Waals surface area (Å²) >= 11 is 0. The van der Waals surface area contributed by atoms with Crippen LogP contribution < -0.4 is 15.8 Å². The Kier molecular flexibility index (Phi) is 7.45. The van der Waals surface area contributed by atoms with Gasteiger partial charge in [-0.2, -0.15) is 0 Å². The lowest BCUT2D eigenvalue weighted by Gasteiger charge is -2.15. The molecule has 1 saturated heterocycles. The molecular formula is C20H25ClN2O3. The van der Waals surface area contributed by atoms with Gasteiger partial charge in [0.05, 0.1) is 6.10 Å². The molecule has 0 unspecified atom stereocenters. The molecule has 26 heavy (non-hydrogen) atoms. The van der Waals surface area contributed by atoms with Crippen LogP contribution in [0.3, 0.4) is 0 Å². The Labute approximate surface area is 160 Å². The van der Waals surface area contributed by atoms with Crippen LogP contribution in [0.1, 0.15) is 24.0 Å². The standard InChI is InChI=1S/C20H24N2O3.ClH/c1-14-6-2-4-8-17(14)25-18-9-5-3-7-15(18)13-22-20(23)19-11-10-16(12-21)24-19;/h2-9,16,19H,10-13,21H2,1H3,(H,22,23);1H/t16-,19+;/m1./s1. The smallest absolute Gasteiger partial charge is 0.249 e. The molecule has 2 atom stereocenters. The Bertz CT molecular complexity index is 739. The van der Waals surface area contributed by atoms with Crippen molar-refractivity contribution < 1.29 is 14.3 Å². The number of carbonyl (C=O) groups is 1. The topological polar surface area (TPSA) is 73.6 Å². The molecule has 6 heteroatoms. The van der Waals surface area contributed by atoms with E-state index in [0.717, 1.165) is 35.5 Å². The first-order chi connectivity index (χ1) is 12.2. The number of ether oxygens (including phenoxy) is 2. The highest BCUT2D eigenvalue weighted by Crippen LogP contribution is 2.27. The number of hydrogen-bond donors (Lipinski definition) is 2. The fourth-order valence-electron chi connectivity index (χ4n) is 2.91. The second-order valence-corrected chi connectivity index (χ2v) is 6.25. The Balaban J connectivity index is 0.00000243. The van der Waals surface area contributed by atoms with Crippen molar-refractivity contribution in [3.8, 4) is 11.5 Å². The highest BCUT2D eigenvalue weighted by Gasteiger charge is 2.29. The van der Waals surface area contributed by atoms with Crippen LogP contribution in [0.4, 0.5) is 0 Å². The predicted molar refractivity (Wildman–Crippen MR) is 104 cm³/mol. The molecule has 0 aromatic heterocycles. The SMILES string of the molecule is Cc1ccccc1Oc1ccccc1CNC(=O)[C@@H]1CC[C@H](CN)O1.Cl. The Morgan fingerprint density at radius 3 is 2.54 bits per heavy atom. The molecule has 140 valence electrons. The molecule has 1 heterocycles. The van der Waals surface area contributed by atoms with Crippen LogP contribution in [0.2, 0.25) is 0 Å². The normalized spacial score (nSPS) is 18.8. The summed E-state index contributed by atoms with van der Waals surface area (Å²) in [6.45, 7) is 2.86. The second kappa shape index (κ2) is 9.57. The molecule has 3 rings (SSSR count). The van der Waals surface area contributed by atoms with Crippen LogP contribution in [-0.2, 0) is 16.1 Å². The molecule has 0 aliphatic carbocycles. The van der Waals surface area contributed by atoms with Gasteiger partial charge in [-0.25, -0.2) is 0 Å². The summed E-state index contributed by atoms with van der Waals surface area (Å²) in [6.07, 6.45) is 1.14. The first-order valence-electron chi connectivity index (χ1n) is 8.62. The summed E-state index contributed by atoms with van der Waals surface area (Å²) in [5.41, 5.74) is 7.58. The van der Waals surface area contributed by atoms with Crippen molar-refractivity contribution >= 4 is 18.3 Å². The number of para-hydroxylation sites is 2. The van der Waals surface area contributed by atoms with E-state index >= 15 is 0 Å². The number of rotatable bonds is 6. The summed E-state index contributed by atoms with van der Waals surface area (Å²) in [5, 5.41) is 2.94. The maximum Gasteiger partial charge on any atom is 0.249 e. The number of aryl methyl sites for hydroxylation is 1. The van der Waals surface area contributed by atoms with E-state index in [4.69, 9.17) is 15.2 Å². The van der Waals surface area contributed by atoms with E-state index in [-0.39, 0.29) is 24.4 Å². The molecule has 0 radical (unpaired) electrons. The van der Waals surface area contributed by atoms with Gasteiger partial charge in [0, 0.05) is 18.7 Å². The summed E-state index contributed by atoms with van der Waals surface area (Å²) in [5.74, 6) is 1.46. The molecular weight excluding hydrogens is 352 g/mol. The molecule has 0 saturated carbocycles. The quantitative estimate of drug-likeness (QED) is 0.811. The van der Waals surface area contributed by atoms with Crippen LogP contribution in [0.15, 0.2) is 48.5 Å². The van der Waals surface area contributed by atoms with Crippen molar-refractivity contribution in [3.05, 3.63) is 59.7 Å². The van der Waals surface area contributed by atoms with Crippen molar-refractivity contribution in [1.29, 1.82) is 0 Å². The summed E-state index contributed by atoms with van der Waals surface area (Å²) in [6, 6.07) is 15.6. The average molecular weight is 377 g/mol. The van der Waals surface area contributed by atoms with Gasteiger partial charge in [0.25, 0.3) is 0 Å².